The number of rotatable bonds is 11. The highest BCUT2D eigenvalue weighted by Gasteiger charge is 2.45. The molecule has 3 amide bonds. The van der Waals surface area contributed by atoms with Crippen LogP contribution in [0.4, 0.5) is 4.79 Å². The molecule has 0 radical (unpaired) electrons. The fraction of sp³-hybridized carbons (Fsp3) is 0.543. The van der Waals surface area contributed by atoms with E-state index in [-0.39, 0.29) is 24.3 Å². The first-order chi connectivity index (χ1) is 20.4. The second-order valence-electron chi connectivity index (χ2n) is 13.9. The van der Waals surface area contributed by atoms with Gasteiger partial charge in [-0.05, 0) is 78.4 Å². The third-order valence-corrected chi connectivity index (χ3v) is 6.97. The standard InChI is InChI=1S/C35H49N3O6/c1-22(2)28(37-33(42)44-35(7,8)9)31(40)38(26-18-19-26)29(25-17-13-14-23(3)20-25)30(39)36-27(32(41)43-34(4,5)6)21-24-15-11-10-12-16-24/h10-17,20,22,26-29H,18-19,21H2,1-9H3,(H,36,39)(H,37,42). The number of hydrogen-bond donors (Lipinski definition) is 2. The Kier molecular flexibility index (Phi) is 11.2. The Morgan fingerprint density at radius 1 is 0.864 bits per heavy atom. The number of hydrogen-bond acceptors (Lipinski definition) is 6. The number of amides is 3. The second-order valence-corrected chi connectivity index (χ2v) is 13.9. The number of nitrogens with zero attached hydrogens (tertiary/aromatic N) is 1. The van der Waals surface area contributed by atoms with Crippen molar-refractivity contribution in [3.8, 4) is 0 Å². The SMILES string of the molecule is Cc1cccc(C(C(=O)NC(Cc2ccccc2)C(=O)OC(C)(C)C)N(C(=O)C(NC(=O)OC(C)(C)C)C(C)C)C2CC2)c1. The van der Waals surface area contributed by atoms with Gasteiger partial charge in [0.25, 0.3) is 0 Å². The van der Waals surface area contributed by atoms with E-state index in [1.807, 2.05) is 75.4 Å². The zero-order valence-corrected chi connectivity index (χ0v) is 27.6. The Labute approximate surface area is 262 Å². The zero-order chi connectivity index (χ0) is 32.8. The first kappa shape index (κ1) is 34.6. The van der Waals surface area contributed by atoms with Crippen LogP contribution in [0.25, 0.3) is 0 Å². The second kappa shape index (κ2) is 14.3. The third-order valence-electron chi connectivity index (χ3n) is 6.97. The summed E-state index contributed by atoms with van der Waals surface area (Å²) in [5.74, 6) is -1.73. The number of carbonyl (C=O) groups excluding carboxylic acids is 4. The van der Waals surface area contributed by atoms with Crippen LogP contribution in [0.1, 0.15) is 91.0 Å². The molecule has 0 aromatic heterocycles. The number of benzene rings is 2. The van der Waals surface area contributed by atoms with Crippen LogP contribution in [-0.2, 0) is 30.3 Å². The minimum atomic E-state index is -1.04. The summed E-state index contributed by atoms with van der Waals surface area (Å²) < 4.78 is 11.2. The van der Waals surface area contributed by atoms with Gasteiger partial charge in [-0.2, -0.15) is 0 Å². The molecule has 9 nitrogen and oxygen atoms in total. The highest BCUT2D eigenvalue weighted by molar-refractivity contribution is 5.94. The topological polar surface area (TPSA) is 114 Å². The van der Waals surface area contributed by atoms with Crippen LogP contribution < -0.4 is 10.6 Å². The van der Waals surface area contributed by atoms with Gasteiger partial charge >= 0.3 is 12.1 Å². The van der Waals surface area contributed by atoms with E-state index in [9.17, 15) is 19.2 Å². The summed E-state index contributed by atoms with van der Waals surface area (Å²) >= 11 is 0. The van der Waals surface area contributed by atoms with Crippen LogP contribution >= 0.6 is 0 Å². The fourth-order valence-electron chi connectivity index (χ4n) is 4.92. The van der Waals surface area contributed by atoms with Crippen molar-refractivity contribution in [3.63, 3.8) is 0 Å². The maximum atomic E-state index is 14.4. The predicted octanol–water partition coefficient (Wildman–Crippen LogP) is 5.65. The quantitative estimate of drug-likeness (QED) is 0.320. The number of alkyl carbamates (subject to hydrolysis) is 1. The molecule has 0 heterocycles. The third kappa shape index (κ3) is 10.4. The Morgan fingerprint density at radius 3 is 2.00 bits per heavy atom. The van der Waals surface area contributed by atoms with Gasteiger partial charge in [-0.3, -0.25) is 9.59 Å². The van der Waals surface area contributed by atoms with E-state index < -0.39 is 47.3 Å². The van der Waals surface area contributed by atoms with Crippen molar-refractivity contribution in [2.24, 2.45) is 5.92 Å². The lowest BCUT2D eigenvalue weighted by molar-refractivity contribution is -0.159. The number of nitrogens with one attached hydrogen (secondary N) is 2. The average molecular weight is 608 g/mol. The summed E-state index contributed by atoms with van der Waals surface area (Å²) in [5, 5.41) is 5.70. The maximum absolute atomic E-state index is 14.4. The van der Waals surface area contributed by atoms with E-state index in [0.717, 1.165) is 24.0 Å². The molecular weight excluding hydrogens is 558 g/mol. The Hall–Kier alpha value is -3.88. The molecule has 2 N–H and O–H groups in total. The largest absolute Gasteiger partial charge is 0.458 e. The molecule has 1 aliphatic carbocycles. The lowest BCUT2D eigenvalue weighted by Crippen LogP contribution is -2.56. The molecule has 0 spiro atoms. The summed E-state index contributed by atoms with van der Waals surface area (Å²) in [7, 11) is 0. The van der Waals surface area contributed by atoms with Crippen LogP contribution in [0.2, 0.25) is 0 Å². The fourth-order valence-corrected chi connectivity index (χ4v) is 4.92. The van der Waals surface area contributed by atoms with Crippen molar-refractivity contribution >= 4 is 23.9 Å². The van der Waals surface area contributed by atoms with Gasteiger partial charge < -0.3 is 25.0 Å². The van der Waals surface area contributed by atoms with E-state index in [2.05, 4.69) is 10.6 Å². The maximum Gasteiger partial charge on any atom is 0.408 e. The molecule has 240 valence electrons. The van der Waals surface area contributed by atoms with Gasteiger partial charge in [-0.15, -0.1) is 0 Å². The van der Waals surface area contributed by atoms with Gasteiger partial charge in [-0.25, -0.2) is 9.59 Å². The summed E-state index contributed by atoms with van der Waals surface area (Å²) in [6.07, 6.45) is 0.953. The summed E-state index contributed by atoms with van der Waals surface area (Å²) in [5.41, 5.74) is 0.881. The first-order valence-corrected chi connectivity index (χ1v) is 15.4. The lowest BCUT2D eigenvalue weighted by Gasteiger charge is -2.36. The molecule has 9 heteroatoms. The lowest BCUT2D eigenvalue weighted by atomic mass is 9.97. The van der Waals surface area contributed by atoms with Gasteiger partial charge in [0.2, 0.25) is 11.8 Å². The van der Waals surface area contributed by atoms with Crippen molar-refractivity contribution in [1.82, 2.24) is 15.5 Å². The molecule has 3 atom stereocenters. The highest BCUT2D eigenvalue weighted by Crippen LogP contribution is 2.36. The summed E-state index contributed by atoms with van der Waals surface area (Å²) in [6, 6.07) is 13.7. The van der Waals surface area contributed by atoms with E-state index in [1.54, 1.807) is 46.4 Å². The van der Waals surface area contributed by atoms with Gasteiger partial charge in [0.15, 0.2) is 0 Å². The molecule has 3 unspecified atom stereocenters. The zero-order valence-electron chi connectivity index (χ0n) is 27.6. The summed E-state index contributed by atoms with van der Waals surface area (Å²) in [4.78, 5) is 56.5. The van der Waals surface area contributed by atoms with Crippen LogP contribution in [-0.4, -0.2) is 58.1 Å². The number of ether oxygens (including phenoxy) is 2. The molecule has 44 heavy (non-hydrogen) atoms. The van der Waals surface area contributed by atoms with Gasteiger partial charge in [0.05, 0.1) is 0 Å². The molecule has 1 saturated carbocycles. The molecule has 2 aromatic rings. The Bertz CT molecular complexity index is 1310. The highest BCUT2D eigenvalue weighted by atomic mass is 16.6. The molecule has 0 aliphatic heterocycles. The van der Waals surface area contributed by atoms with Crippen molar-refractivity contribution in [1.29, 1.82) is 0 Å². The van der Waals surface area contributed by atoms with Gasteiger partial charge in [-0.1, -0.05) is 74.0 Å². The van der Waals surface area contributed by atoms with E-state index in [0.29, 0.717) is 5.56 Å². The van der Waals surface area contributed by atoms with Crippen LogP contribution in [0.15, 0.2) is 54.6 Å². The first-order valence-electron chi connectivity index (χ1n) is 15.4. The minimum absolute atomic E-state index is 0.199. The number of esters is 1. The van der Waals surface area contributed by atoms with Crippen molar-refractivity contribution in [2.45, 2.75) is 117 Å². The molecular formula is C35H49N3O6. The molecule has 1 aliphatic rings. The molecule has 0 saturated heterocycles. The minimum Gasteiger partial charge on any atom is -0.458 e. The van der Waals surface area contributed by atoms with Crippen molar-refractivity contribution in [3.05, 3.63) is 71.3 Å². The molecule has 3 rings (SSSR count). The summed E-state index contributed by atoms with van der Waals surface area (Å²) in [6.45, 7) is 16.2. The van der Waals surface area contributed by atoms with Gasteiger partial charge in [0.1, 0.15) is 29.3 Å². The Morgan fingerprint density at radius 2 is 1.48 bits per heavy atom. The average Bonchev–Trinajstić information content (AvgIpc) is 3.73. The predicted molar refractivity (Wildman–Crippen MR) is 170 cm³/mol. The van der Waals surface area contributed by atoms with Crippen LogP contribution in [0.5, 0.6) is 0 Å². The van der Waals surface area contributed by atoms with E-state index in [4.69, 9.17) is 9.47 Å². The van der Waals surface area contributed by atoms with Crippen LogP contribution in [0, 0.1) is 12.8 Å². The number of aryl methyl sites for hydroxylation is 1. The normalized spacial score (nSPS) is 15.5. The van der Waals surface area contributed by atoms with Crippen molar-refractivity contribution in [2.75, 3.05) is 0 Å². The number of carbonyl (C=O) groups is 4. The molecule has 1 fully saturated rings. The van der Waals surface area contributed by atoms with Gasteiger partial charge in [0, 0.05) is 12.5 Å². The van der Waals surface area contributed by atoms with E-state index >= 15 is 0 Å². The van der Waals surface area contributed by atoms with E-state index in [1.165, 1.54) is 0 Å². The Balaban J connectivity index is 2.02. The van der Waals surface area contributed by atoms with Crippen LogP contribution in [0.3, 0.4) is 0 Å². The van der Waals surface area contributed by atoms with Crippen molar-refractivity contribution < 1.29 is 28.7 Å². The monoisotopic (exact) mass is 607 g/mol. The molecule has 2 aromatic carbocycles. The molecule has 0 bridgehead atoms. The smallest absolute Gasteiger partial charge is 0.408 e.